The number of hydrogen-bond donors (Lipinski definition) is 4. The first kappa shape index (κ1) is 52.8. The van der Waals surface area contributed by atoms with Crippen LogP contribution in [0.2, 0.25) is 0 Å². The number of ether oxygens (including phenoxy) is 5. The summed E-state index contributed by atoms with van der Waals surface area (Å²) in [6.45, 7) is 11.1. The number of aliphatic hydroxyl groups excluding tert-OH is 3. The second kappa shape index (κ2) is 25.2. The number of fused-ring (bicyclic) bond motifs is 2. The monoisotopic (exact) mass is 891 g/mol. The number of esters is 4. The fourth-order valence-corrected chi connectivity index (χ4v) is 10.7. The van der Waals surface area contributed by atoms with Crippen LogP contribution in [0.15, 0.2) is 23.3 Å². The third-order valence-corrected chi connectivity index (χ3v) is 14.8. The average molecular weight is 891 g/mol. The molecule has 1 saturated carbocycles. The van der Waals surface area contributed by atoms with Gasteiger partial charge in [-0.1, -0.05) is 129 Å². The Kier molecular flexibility index (Phi) is 21.1. The molecule has 360 valence electrons. The molecule has 4 aliphatic rings. The largest absolute Gasteiger partial charge is 0.463 e. The Morgan fingerprint density at radius 3 is 1.95 bits per heavy atom. The second-order valence-corrected chi connectivity index (χ2v) is 20.0. The van der Waals surface area contributed by atoms with Crippen molar-refractivity contribution in [3.8, 4) is 0 Å². The minimum absolute atomic E-state index is 0.0939. The van der Waals surface area contributed by atoms with Gasteiger partial charge in [0.2, 0.25) is 6.29 Å². The maximum absolute atomic E-state index is 14.2. The molecule has 2 heterocycles. The van der Waals surface area contributed by atoms with E-state index in [0.717, 1.165) is 44.1 Å². The molecule has 11 unspecified atom stereocenters. The SMILES string of the molecule is CCCCCCCCCCCCCCCCCC(=O)OC1CC(C)=CCOC(=O)CC(C)(O)CC(=O)OCC2OC(OC(=O)C3=CCCC4C3(C)CCC(C)C14C)C(O)C(O)C2O. The van der Waals surface area contributed by atoms with Gasteiger partial charge in [0.1, 0.15) is 43.7 Å². The van der Waals surface area contributed by atoms with Crippen molar-refractivity contribution in [2.75, 3.05) is 13.2 Å². The number of hydrogen-bond acceptors (Lipinski definition) is 13. The van der Waals surface area contributed by atoms with Crippen LogP contribution < -0.4 is 0 Å². The third kappa shape index (κ3) is 15.1. The van der Waals surface area contributed by atoms with E-state index < -0.39 is 90.6 Å². The second-order valence-electron chi connectivity index (χ2n) is 20.0. The van der Waals surface area contributed by atoms with Crippen molar-refractivity contribution in [3.05, 3.63) is 23.3 Å². The summed E-state index contributed by atoms with van der Waals surface area (Å²) >= 11 is 0. The molecule has 13 nitrogen and oxygen atoms in total. The van der Waals surface area contributed by atoms with Crippen LogP contribution in [0.5, 0.6) is 0 Å². The van der Waals surface area contributed by atoms with E-state index in [1.807, 2.05) is 19.9 Å². The van der Waals surface area contributed by atoms with Crippen molar-refractivity contribution in [2.24, 2.45) is 22.7 Å². The van der Waals surface area contributed by atoms with Crippen molar-refractivity contribution in [1.29, 1.82) is 0 Å². The lowest BCUT2D eigenvalue weighted by Crippen LogP contribution is -2.60. The van der Waals surface area contributed by atoms with Crippen LogP contribution in [0.4, 0.5) is 0 Å². The van der Waals surface area contributed by atoms with Crippen LogP contribution in [0.1, 0.15) is 189 Å². The van der Waals surface area contributed by atoms with Crippen LogP contribution in [0.3, 0.4) is 0 Å². The minimum atomic E-state index is -1.83. The molecule has 2 fully saturated rings. The molecule has 2 aliphatic carbocycles. The van der Waals surface area contributed by atoms with Gasteiger partial charge in [-0.15, -0.1) is 0 Å². The van der Waals surface area contributed by atoms with Gasteiger partial charge in [0.05, 0.1) is 18.4 Å². The molecule has 4 N–H and O–H groups in total. The van der Waals surface area contributed by atoms with E-state index in [2.05, 4.69) is 20.8 Å². The summed E-state index contributed by atoms with van der Waals surface area (Å²) < 4.78 is 28.8. The minimum Gasteiger partial charge on any atom is -0.463 e. The maximum atomic E-state index is 14.2. The molecule has 0 aromatic carbocycles. The number of cyclic esters (lactones) is 2. The Morgan fingerprint density at radius 2 is 1.35 bits per heavy atom. The standard InChI is InChI=1S/C50H82O13/c1-7-8-9-10-11-12-13-14-15-16-17-18-19-20-21-25-40(51)62-39-30-34(2)27-29-59-41(52)31-48(4,58)32-42(53)60-33-37-43(54)44(55)45(56)47(61-37)63-46(57)36-23-22-24-38-49(36,5)28-26-35(3)50(38,39)6/h23,27,35,37-39,43-45,47,54-56,58H,7-22,24-26,28-33H2,1-6H3. The van der Waals surface area contributed by atoms with Gasteiger partial charge in [-0.05, 0) is 63.9 Å². The highest BCUT2D eigenvalue weighted by Crippen LogP contribution is 2.63. The zero-order valence-electron chi connectivity index (χ0n) is 39.4. The van der Waals surface area contributed by atoms with Crippen LogP contribution >= 0.6 is 0 Å². The van der Waals surface area contributed by atoms with Crippen molar-refractivity contribution in [3.63, 3.8) is 0 Å². The van der Waals surface area contributed by atoms with Crippen LogP contribution in [-0.2, 0) is 42.9 Å². The highest BCUT2D eigenvalue weighted by molar-refractivity contribution is 5.90. The van der Waals surface area contributed by atoms with Gasteiger partial charge in [0, 0.05) is 29.2 Å². The van der Waals surface area contributed by atoms with E-state index in [-0.39, 0.29) is 24.4 Å². The lowest BCUT2D eigenvalue weighted by Gasteiger charge is -2.59. The molecule has 4 rings (SSSR count). The van der Waals surface area contributed by atoms with Gasteiger partial charge in [-0.25, -0.2) is 4.79 Å². The summed E-state index contributed by atoms with van der Waals surface area (Å²) in [5, 5.41) is 43.2. The van der Waals surface area contributed by atoms with E-state index in [9.17, 15) is 39.6 Å². The Morgan fingerprint density at radius 1 is 0.778 bits per heavy atom. The van der Waals surface area contributed by atoms with E-state index >= 15 is 0 Å². The van der Waals surface area contributed by atoms with E-state index in [4.69, 9.17) is 23.7 Å². The first-order chi connectivity index (χ1) is 29.9. The number of aliphatic hydroxyl groups is 4. The number of unbranched alkanes of at least 4 members (excludes halogenated alkanes) is 14. The van der Waals surface area contributed by atoms with Crippen LogP contribution in [0, 0.1) is 22.7 Å². The summed E-state index contributed by atoms with van der Waals surface area (Å²) in [5.74, 6) is -2.69. The van der Waals surface area contributed by atoms with Gasteiger partial charge < -0.3 is 44.1 Å². The molecule has 0 amide bonds. The zero-order valence-corrected chi connectivity index (χ0v) is 39.4. The number of rotatable bonds is 17. The van der Waals surface area contributed by atoms with Crippen LogP contribution in [-0.4, -0.2) is 99.9 Å². The van der Waals surface area contributed by atoms with E-state index in [0.29, 0.717) is 31.3 Å². The highest BCUT2D eigenvalue weighted by atomic mass is 16.7. The Labute approximate surface area is 377 Å². The third-order valence-electron chi connectivity index (χ3n) is 14.8. The number of carbonyl (C=O) groups is 4. The molecule has 1 saturated heterocycles. The normalized spacial score (nSPS) is 34.9. The lowest BCUT2D eigenvalue weighted by atomic mass is 9.46. The molecule has 6 bridgehead atoms. The Bertz CT molecular complexity index is 1540. The predicted octanol–water partition coefficient (Wildman–Crippen LogP) is 8.26. The molecular weight excluding hydrogens is 809 g/mol. The first-order valence-corrected chi connectivity index (χ1v) is 24.4. The van der Waals surface area contributed by atoms with Gasteiger partial charge in [-0.3, -0.25) is 14.4 Å². The summed E-state index contributed by atoms with van der Waals surface area (Å²) in [6, 6.07) is 0. The quantitative estimate of drug-likeness (QED) is 0.0472. The van der Waals surface area contributed by atoms with Crippen molar-refractivity contribution < 1.29 is 63.3 Å². The zero-order chi connectivity index (χ0) is 46.2. The fraction of sp³-hybridized carbons (Fsp3) is 0.840. The van der Waals surface area contributed by atoms with Gasteiger partial charge in [0.25, 0.3) is 0 Å². The average Bonchev–Trinajstić information content (AvgIpc) is 3.22. The lowest BCUT2D eigenvalue weighted by molar-refractivity contribution is -0.292. The van der Waals surface area contributed by atoms with Crippen LogP contribution in [0.25, 0.3) is 0 Å². The molecular formula is C50H82O13. The summed E-state index contributed by atoms with van der Waals surface area (Å²) in [7, 11) is 0. The molecule has 63 heavy (non-hydrogen) atoms. The smallest absolute Gasteiger partial charge is 0.336 e. The molecule has 0 radical (unpaired) electrons. The Balaban J connectivity index is 1.48. The molecule has 13 heteroatoms. The number of allylic oxidation sites excluding steroid dienone is 1. The molecule has 11 atom stereocenters. The summed E-state index contributed by atoms with van der Waals surface area (Å²) in [4.78, 5) is 53.6. The Hall–Kier alpha value is -2.84. The molecule has 0 spiro atoms. The van der Waals surface area contributed by atoms with Crippen molar-refractivity contribution >= 4 is 23.9 Å². The van der Waals surface area contributed by atoms with E-state index in [1.54, 1.807) is 6.08 Å². The van der Waals surface area contributed by atoms with Gasteiger partial charge in [0.15, 0.2) is 0 Å². The molecule has 0 aromatic rings. The van der Waals surface area contributed by atoms with Crippen molar-refractivity contribution in [2.45, 2.75) is 232 Å². The molecule has 2 aliphatic heterocycles. The van der Waals surface area contributed by atoms with E-state index in [1.165, 1.54) is 77.6 Å². The predicted molar refractivity (Wildman–Crippen MR) is 238 cm³/mol. The number of carbonyl (C=O) groups excluding carboxylic acids is 4. The van der Waals surface area contributed by atoms with Crippen molar-refractivity contribution in [1.82, 2.24) is 0 Å². The van der Waals surface area contributed by atoms with Gasteiger partial charge >= 0.3 is 23.9 Å². The molecule has 0 aromatic heterocycles. The summed E-state index contributed by atoms with van der Waals surface area (Å²) in [6.07, 6.45) is 15.3. The maximum Gasteiger partial charge on any atom is 0.336 e. The van der Waals surface area contributed by atoms with Gasteiger partial charge in [-0.2, -0.15) is 0 Å². The highest BCUT2D eigenvalue weighted by Gasteiger charge is 2.60. The topological polar surface area (TPSA) is 195 Å². The fourth-order valence-electron chi connectivity index (χ4n) is 10.7. The summed E-state index contributed by atoms with van der Waals surface area (Å²) in [5.41, 5.74) is -1.91. The first-order valence-electron chi connectivity index (χ1n) is 24.4.